The van der Waals surface area contributed by atoms with Gasteiger partial charge < -0.3 is 19.7 Å². The number of phenolic OH excluding ortho intramolecular Hbond substituents is 2. The minimum Gasteiger partial charge on any atom is -0.504 e. The molecule has 206 valence electrons. The van der Waals surface area contributed by atoms with Gasteiger partial charge in [0.1, 0.15) is 17.3 Å². The van der Waals surface area contributed by atoms with Gasteiger partial charge in [0.15, 0.2) is 11.5 Å². The molecule has 0 aliphatic carbocycles. The van der Waals surface area contributed by atoms with Gasteiger partial charge in [0, 0.05) is 49.1 Å². The maximum absolute atomic E-state index is 13.5. The number of hydrogen-bond acceptors (Lipinski definition) is 6. The summed E-state index contributed by atoms with van der Waals surface area (Å²) in [6, 6.07) is 15.0. The number of piperidine rings is 1. The molecule has 5 aromatic rings. The number of pyridine rings is 1. The topological polar surface area (TPSA) is 95.9 Å². The third-order valence-electron chi connectivity index (χ3n) is 8.07. The monoisotopic (exact) mass is 541 g/mol. The third-order valence-corrected chi connectivity index (χ3v) is 8.07. The molecule has 8 nitrogen and oxygen atoms in total. The van der Waals surface area contributed by atoms with E-state index in [0.29, 0.717) is 30.0 Å². The van der Waals surface area contributed by atoms with E-state index in [9.17, 15) is 19.4 Å². The fourth-order valence-corrected chi connectivity index (χ4v) is 5.77. The van der Waals surface area contributed by atoms with Gasteiger partial charge >= 0.3 is 0 Å². The van der Waals surface area contributed by atoms with Crippen molar-refractivity contribution >= 4 is 16.7 Å². The molecule has 0 radical (unpaired) electrons. The van der Waals surface area contributed by atoms with Crippen molar-refractivity contribution in [2.45, 2.75) is 39.2 Å². The maximum Gasteiger partial charge on any atom is 0.261 e. The second-order valence-corrected chi connectivity index (χ2v) is 10.7. The molecule has 1 fully saturated rings. The van der Waals surface area contributed by atoms with Crippen LogP contribution in [0.2, 0.25) is 0 Å². The summed E-state index contributed by atoms with van der Waals surface area (Å²) in [5, 5.41) is 20.2. The van der Waals surface area contributed by atoms with Crippen molar-refractivity contribution in [1.82, 2.24) is 23.8 Å². The van der Waals surface area contributed by atoms with E-state index in [4.69, 9.17) is 4.98 Å². The number of benzene rings is 2. The van der Waals surface area contributed by atoms with Crippen LogP contribution in [0.4, 0.5) is 4.39 Å². The van der Waals surface area contributed by atoms with E-state index in [1.165, 1.54) is 18.2 Å². The molecule has 0 unspecified atom stereocenters. The Bertz CT molecular complexity index is 1740. The smallest absolute Gasteiger partial charge is 0.261 e. The number of phenols is 2. The summed E-state index contributed by atoms with van der Waals surface area (Å²) in [5.74, 6) is 0.635. The summed E-state index contributed by atoms with van der Waals surface area (Å²) in [6.07, 6.45) is 5.21. The number of fused-ring (bicyclic) bond motifs is 2. The fourth-order valence-electron chi connectivity index (χ4n) is 5.77. The summed E-state index contributed by atoms with van der Waals surface area (Å²) in [7, 11) is 0. The van der Waals surface area contributed by atoms with Crippen LogP contribution in [0.3, 0.4) is 0 Å². The highest BCUT2D eigenvalue weighted by molar-refractivity contribution is 5.80. The standard InChI is InChI=1S/C31H32FN5O3/c1-20-24(31(40)36-12-3-2-4-29(36)33-20)11-15-35-13-9-21(10-14-35)16-30-34-25-17-27(38)28(39)18-26(25)37(30)19-22-5-7-23(32)8-6-22/h2-8,12,17-18,21,38-39H,9-11,13-16,19H2,1H3. The van der Waals surface area contributed by atoms with E-state index in [0.717, 1.165) is 67.1 Å². The van der Waals surface area contributed by atoms with Crippen LogP contribution in [-0.2, 0) is 19.4 Å². The van der Waals surface area contributed by atoms with Crippen LogP contribution in [0, 0.1) is 18.7 Å². The highest BCUT2D eigenvalue weighted by Gasteiger charge is 2.23. The van der Waals surface area contributed by atoms with Gasteiger partial charge in [-0.3, -0.25) is 9.20 Å². The molecule has 0 saturated carbocycles. The summed E-state index contributed by atoms with van der Waals surface area (Å²) in [6.45, 7) is 5.08. The Morgan fingerprint density at radius 3 is 2.52 bits per heavy atom. The van der Waals surface area contributed by atoms with Crippen molar-refractivity contribution < 1.29 is 14.6 Å². The molecule has 2 N–H and O–H groups in total. The van der Waals surface area contributed by atoms with Gasteiger partial charge in [-0.25, -0.2) is 14.4 Å². The zero-order valence-corrected chi connectivity index (χ0v) is 22.4. The van der Waals surface area contributed by atoms with Crippen LogP contribution < -0.4 is 5.56 Å². The number of halogens is 1. The van der Waals surface area contributed by atoms with Crippen LogP contribution in [0.1, 0.15) is 35.5 Å². The minimum atomic E-state index is -0.286. The highest BCUT2D eigenvalue weighted by Crippen LogP contribution is 2.32. The lowest BCUT2D eigenvalue weighted by Crippen LogP contribution is -2.37. The molecule has 0 bridgehead atoms. The first-order chi connectivity index (χ1) is 19.4. The summed E-state index contributed by atoms with van der Waals surface area (Å²) < 4.78 is 17.2. The predicted molar refractivity (Wildman–Crippen MR) is 151 cm³/mol. The highest BCUT2D eigenvalue weighted by atomic mass is 19.1. The first-order valence-electron chi connectivity index (χ1n) is 13.7. The van der Waals surface area contributed by atoms with Crippen molar-refractivity contribution in [3.8, 4) is 11.5 Å². The molecule has 0 amide bonds. The van der Waals surface area contributed by atoms with Gasteiger partial charge in [-0.15, -0.1) is 0 Å². The lowest BCUT2D eigenvalue weighted by atomic mass is 9.93. The quantitative estimate of drug-likeness (QED) is 0.296. The second-order valence-electron chi connectivity index (χ2n) is 10.7. The number of aromatic hydroxyl groups is 2. The van der Waals surface area contributed by atoms with E-state index >= 15 is 0 Å². The van der Waals surface area contributed by atoms with E-state index < -0.39 is 0 Å². The Kier molecular flexibility index (Phi) is 6.98. The number of rotatable bonds is 7. The molecule has 1 aliphatic heterocycles. The zero-order valence-electron chi connectivity index (χ0n) is 22.4. The molecule has 0 atom stereocenters. The van der Waals surface area contributed by atoms with Crippen LogP contribution >= 0.6 is 0 Å². The van der Waals surface area contributed by atoms with Crippen molar-refractivity contribution in [3.63, 3.8) is 0 Å². The number of likely N-dealkylation sites (tertiary alicyclic amines) is 1. The predicted octanol–water partition coefficient (Wildman–Crippen LogP) is 4.45. The Labute approximate surface area is 231 Å². The zero-order chi connectivity index (χ0) is 27.8. The van der Waals surface area contributed by atoms with Crippen molar-refractivity contribution in [2.75, 3.05) is 19.6 Å². The van der Waals surface area contributed by atoms with Gasteiger partial charge in [0.05, 0.1) is 11.0 Å². The Hall–Kier alpha value is -4.24. The van der Waals surface area contributed by atoms with Gasteiger partial charge in [-0.05, 0) is 75.0 Å². The Balaban J connectivity index is 1.14. The molecular formula is C31H32FN5O3. The van der Waals surface area contributed by atoms with Gasteiger partial charge in [0.2, 0.25) is 0 Å². The molecule has 4 heterocycles. The number of imidazole rings is 1. The molecule has 0 spiro atoms. The van der Waals surface area contributed by atoms with Gasteiger partial charge in [-0.1, -0.05) is 18.2 Å². The van der Waals surface area contributed by atoms with Gasteiger partial charge in [-0.2, -0.15) is 0 Å². The largest absolute Gasteiger partial charge is 0.504 e. The molecule has 1 aliphatic rings. The lowest BCUT2D eigenvalue weighted by molar-refractivity contribution is 0.184. The molecule has 40 heavy (non-hydrogen) atoms. The minimum absolute atomic E-state index is 0.00937. The number of aromatic nitrogens is 4. The molecule has 2 aromatic carbocycles. The lowest BCUT2D eigenvalue weighted by Gasteiger charge is -2.32. The number of hydrogen-bond donors (Lipinski definition) is 2. The van der Waals surface area contributed by atoms with Crippen LogP contribution in [0.5, 0.6) is 11.5 Å². The summed E-state index contributed by atoms with van der Waals surface area (Å²) in [5.41, 5.74) is 4.53. The summed E-state index contributed by atoms with van der Waals surface area (Å²) >= 11 is 0. The van der Waals surface area contributed by atoms with Gasteiger partial charge in [0.25, 0.3) is 5.56 Å². The molecular weight excluding hydrogens is 509 g/mol. The molecule has 3 aromatic heterocycles. The van der Waals surface area contributed by atoms with Crippen LogP contribution in [0.15, 0.2) is 65.6 Å². The molecule has 1 saturated heterocycles. The fraction of sp³-hybridized carbons (Fsp3) is 0.323. The Morgan fingerprint density at radius 1 is 1.00 bits per heavy atom. The second kappa shape index (κ2) is 10.7. The first-order valence-corrected chi connectivity index (χ1v) is 13.7. The normalized spacial score (nSPS) is 14.8. The van der Waals surface area contributed by atoms with Crippen LogP contribution in [0.25, 0.3) is 16.7 Å². The van der Waals surface area contributed by atoms with E-state index in [2.05, 4.69) is 14.5 Å². The van der Waals surface area contributed by atoms with Crippen molar-refractivity contribution in [1.29, 1.82) is 0 Å². The van der Waals surface area contributed by atoms with Crippen molar-refractivity contribution in [3.05, 3.63) is 99.6 Å². The first kappa shape index (κ1) is 26.0. The molecule has 6 rings (SSSR count). The Morgan fingerprint density at radius 2 is 1.75 bits per heavy atom. The maximum atomic E-state index is 13.5. The summed E-state index contributed by atoms with van der Waals surface area (Å²) in [4.78, 5) is 24.9. The molecule has 9 heteroatoms. The van der Waals surface area contributed by atoms with Crippen LogP contribution in [-0.4, -0.2) is 53.7 Å². The van der Waals surface area contributed by atoms with E-state index in [1.54, 1.807) is 28.8 Å². The number of nitrogens with zero attached hydrogens (tertiary/aromatic N) is 5. The SMILES string of the molecule is Cc1nc2ccccn2c(=O)c1CCN1CCC(Cc2nc3cc(O)c(O)cc3n2Cc2ccc(F)cc2)CC1. The third kappa shape index (κ3) is 5.16. The van der Waals surface area contributed by atoms with Crippen molar-refractivity contribution in [2.24, 2.45) is 5.92 Å². The number of aryl methyl sites for hydroxylation is 1. The van der Waals surface area contributed by atoms with E-state index in [-0.39, 0.29) is 22.9 Å². The average Bonchev–Trinajstić information content (AvgIpc) is 3.26. The average molecular weight is 542 g/mol. The van der Waals surface area contributed by atoms with E-state index in [1.807, 2.05) is 25.1 Å².